The zero-order valence-corrected chi connectivity index (χ0v) is 78.9. The molecule has 0 aliphatic heterocycles. The summed E-state index contributed by atoms with van der Waals surface area (Å²) in [6.07, 6.45) is 13.8. The van der Waals surface area contributed by atoms with Crippen LogP contribution in [0.4, 0.5) is 0 Å². The van der Waals surface area contributed by atoms with Gasteiger partial charge < -0.3 is 24.8 Å². The molecule has 0 heterocycles. The van der Waals surface area contributed by atoms with E-state index in [0.717, 1.165) is 24.6 Å². The number of rotatable bonds is 25. The summed E-state index contributed by atoms with van der Waals surface area (Å²) in [7, 11) is 7.44. The Morgan fingerprint density at radius 1 is 0.189 bits per heavy atom. The Hall–Kier alpha value is -8.33. The van der Waals surface area contributed by atoms with Gasteiger partial charge in [0.15, 0.2) is 0 Å². The third kappa shape index (κ3) is 25.5. The minimum absolute atomic E-state index is 0. The molecule has 2 unspecified atom stereocenters. The average Bonchev–Trinajstić information content (AvgIpc) is 1.62. The third-order valence-corrected chi connectivity index (χ3v) is 31.2. The topological polar surface area (TPSA) is 0 Å². The summed E-state index contributed by atoms with van der Waals surface area (Å²) in [6.45, 7) is 0. The quantitative estimate of drug-likeness (QED) is 0.0395. The second kappa shape index (κ2) is 50.0. The van der Waals surface area contributed by atoms with Crippen molar-refractivity contribution in [3.8, 4) is 0 Å². The van der Waals surface area contributed by atoms with Gasteiger partial charge in [-0.25, -0.2) is 0 Å². The first-order valence-corrected chi connectivity index (χ1v) is 52.7. The molecule has 16 aromatic rings. The van der Waals surface area contributed by atoms with Gasteiger partial charge in [0.05, 0.1) is 0 Å². The van der Waals surface area contributed by atoms with Crippen molar-refractivity contribution in [3.05, 3.63) is 590 Å². The van der Waals surface area contributed by atoms with Crippen LogP contribution in [0.2, 0.25) is 0 Å². The third-order valence-electron chi connectivity index (χ3n) is 21.2. The number of hydrogen-bond acceptors (Lipinski definition) is 0. The van der Waals surface area contributed by atoms with Gasteiger partial charge in [-0.1, -0.05) is 425 Å². The van der Waals surface area contributed by atoms with E-state index in [2.05, 4.69) is 518 Å². The zero-order chi connectivity index (χ0) is 82.1. The van der Waals surface area contributed by atoms with E-state index in [9.17, 15) is 0 Å². The van der Waals surface area contributed by atoms with Crippen LogP contribution in [0.1, 0.15) is 67.5 Å². The molecule has 0 saturated heterocycles. The Labute approximate surface area is 772 Å². The van der Waals surface area contributed by atoms with E-state index < -0.39 is 31.7 Å². The van der Waals surface area contributed by atoms with Crippen LogP contribution in [0.3, 0.4) is 0 Å². The van der Waals surface area contributed by atoms with Gasteiger partial charge in [-0.15, -0.1) is 0 Å². The van der Waals surface area contributed by atoms with Crippen LogP contribution < -0.4 is 67.3 Å². The van der Waals surface area contributed by atoms with E-state index >= 15 is 0 Å². The summed E-state index contributed by atoms with van der Waals surface area (Å²) in [5.74, 6) is 7.84. The van der Waals surface area contributed by atoms with Gasteiger partial charge in [0.25, 0.3) is 0 Å². The van der Waals surface area contributed by atoms with Crippen molar-refractivity contribution in [3.63, 3.8) is 0 Å². The van der Waals surface area contributed by atoms with Gasteiger partial charge >= 0.3 is 54.5 Å². The molecule has 0 aromatic heterocycles. The molecule has 2 aliphatic rings. The van der Waals surface area contributed by atoms with Gasteiger partial charge in [-0.2, -0.15) is 70.8 Å². The molecular formula is C112H90Cl4Os2P4-4. The summed E-state index contributed by atoms with van der Waals surface area (Å²) in [4.78, 5) is 0. The molecule has 0 nitrogen and oxygen atoms in total. The maximum Gasteiger partial charge on any atom is -0.0193 e. The van der Waals surface area contributed by atoms with Gasteiger partial charge in [0.2, 0.25) is 0 Å². The largest absolute Gasteiger partial charge is 0.176 e. The van der Waals surface area contributed by atoms with Crippen LogP contribution in [0.15, 0.2) is 461 Å². The fourth-order valence-corrected chi connectivity index (χ4v) is 24.7. The van der Waals surface area contributed by atoms with E-state index in [-0.39, 0.29) is 36.6 Å². The minimum atomic E-state index is -0.473. The van der Waals surface area contributed by atoms with Crippen LogP contribution in [0.5, 0.6) is 0 Å². The minimum Gasteiger partial charge on any atom is -0.176 e. The molecule has 2 atom stereocenters. The van der Waals surface area contributed by atoms with Crippen molar-refractivity contribution in [2.24, 2.45) is 0 Å². The number of benzene rings is 16. The Kier molecular flexibility index (Phi) is 38.0. The predicted octanol–water partition coefficient (Wildman–Crippen LogP) is 19.9. The molecule has 0 amide bonds. The van der Waals surface area contributed by atoms with Crippen molar-refractivity contribution >= 4 is 93.4 Å². The van der Waals surface area contributed by atoms with Crippen LogP contribution >= 0.6 is 51.0 Å². The fourth-order valence-electron chi connectivity index (χ4n) is 15.7. The van der Waals surface area contributed by atoms with E-state index in [4.69, 9.17) is 0 Å². The molecular weight excluding hydrogens is 1990 g/mol. The van der Waals surface area contributed by atoms with Crippen molar-refractivity contribution < 1.29 is 60.0 Å². The summed E-state index contributed by atoms with van der Waals surface area (Å²) in [6, 6.07) is 174. The molecule has 122 heavy (non-hydrogen) atoms. The molecule has 0 N–H and O–H groups in total. The Morgan fingerprint density at radius 2 is 0.336 bits per heavy atom. The maximum atomic E-state index is 4.67. The van der Waals surface area contributed by atoms with Crippen LogP contribution in [0.25, 0.3) is 0 Å². The van der Waals surface area contributed by atoms with E-state index in [1.54, 1.807) is 0 Å². The molecule has 606 valence electrons. The molecule has 18 rings (SSSR count). The molecule has 0 bridgehead atoms. The van der Waals surface area contributed by atoms with Crippen LogP contribution in [-0.4, -0.2) is 0 Å². The normalized spacial score (nSPS) is 13.5. The molecule has 0 spiro atoms. The maximum absolute atomic E-state index is 4.67. The van der Waals surface area contributed by atoms with Crippen molar-refractivity contribution in [1.29, 1.82) is 0 Å². The Morgan fingerprint density at radius 3 is 0.500 bits per heavy atom. The first-order valence-electron chi connectivity index (χ1n) is 40.3. The van der Waals surface area contributed by atoms with E-state index in [0.29, 0.717) is 0 Å². The molecule has 2 saturated carbocycles. The van der Waals surface area contributed by atoms with Gasteiger partial charge in [-0.05, 0) is 182 Å². The SMILES string of the molecule is [CH]1[C](c2ccccc2)[C](c2ccccc2)[CH][C]1C(c1ccccc1)C([C]1[CH][C](c2ccccc2)[C](c2ccccc2)[CH]1)c1ccccc1.[Cl-].[Cl-].[Cl][Os].[Cl][Os].[c-]1c(CP(c2ccccc2)c2ccccc2)cccc1CP(c1ccccc1)c1ccccc1.[c-]1c(CP(c2ccccc2)c2ccccc2)cccc1CP(c1ccccc1)c1ccccc1. The fraction of sp³-hybridized carbons (Fsp3) is 0.0536. The summed E-state index contributed by atoms with van der Waals surface area (Å²) in [5.41, 5.74) is 12.7. The van der Waals surface area contributed by atoms with Gasteiger partial charge in [0, 0.05) is 23.7 Å². The second-order valence-electron chi connectivity index (χ2n) is 28.9. The first kappa shape index (κ1) is 92.8. The van der Waals surface area contributed by atoms with Crippen molar-refractivity contribution in [1.82, 2.24) is 0 Å². The van der Waals surface area contributed by atoms with Crippen LogP contribution in [0, 0.1) is 73.3 Å². The van der Waals surface area contributed by atoms with Gasteiger partial charge in [0.1, 0.15) is 0 Å². The molecule has 2 fully saturated rings. The number of hydrogen-bond donors (Lipinski definition) is 0. The monoisotopic (exact) mass is 2080 g/mol. The van der Waals surface area contributed by atoms with Crippen molar-refractivity contribution in [2.45, 2.75) is 36.5 Å². The van der Waals surface area contributed by atoms with E-state index in [1.807, 2.05) is 0 Å². The zero-order valence-electron chi connectivity index (χ0n) is 67.2. The van der Waals surface area contributed by atoms with E-state index in [1.165, 1.54) is 169 Å². The Bertz CT molecular complexity index is 4740. The molecule has 16 aromatic carbocycles. The standard InChI is InChI=1S/C48H36.2C32H27P2.4ClH.2Os/c1-7-19-35(20-8-1)43-31-41(32-44(43)36-21-9-2-10-22-36)47(39-27-15-5-16-28-39)48(40-29-17-6-18-30-40)42-33-45(37-23-11-3-12-24-37)46(34-42)38-25-13-4-14-26-38;2*1-5-16-29(17-6-1)33(30-18-7-2-8-19-30)25-27-14-13-15-28(24-27)26-34(31-20-9-3-10-21-31)32-22-11-4-12-23-32;;;;;;/h1-34,47-48H;2*1-23H,25-26H2;4*1H;;/q;2*-1;;;;;2*+1/p-4. The Balaban J connectivity index is 0.000000166. The molecule has 10 radical (unpaired) electrons. The van der Waals surface area contributed by atoms with Crippen LogP contribution in [-0.2, 0) is 59.8 Å². The van der Waals surface area contributed by atoms with Crippen molar-refractivity contribution in [2.75, 3.05) is 0 Å². The predicted molar refractivity (Wildman–Crippen MR) is 511 cm³/mol. The average molecular weight is 2080 g/mol. The molecule has 2 aliphatic carbocycles. The smallest absolute Gasteiger partial charge is 0.0193 e. The first-order chi connectivity index (χ1) is 59.6. The number of halogens is 4. The summed E-state index contributed by atoms with van der Waals surface area (Å²) >= 11 is 2.67. The summed E-state index contributed by atoms with van der Waals surface area (Å²) < 4.78 is 0. The molecule has 10 heteroatoms. The van der Waals surface area contributed by atoms with Gasteiger partial charge in [-0.3, -0.25) is 0 Å². The summed E-state index contributed by atoms with van der Waals surface area (Å²) in [5, 5.41) is 11.3. The second-order valence-corrected chi connectivity index (χ2v) is 37.7.